The smallest absolute Gasteiger partial charge is 0.271 e. The summed E-state index contributed by atoms with van der Waals surface area (Å²) < 4.78 is 2.14. The molecule has 5 heteroatoms. The van der Waals surface area contributed by atoms with Gasteiger partial charge in [-0.05, 0) is 67.9 Å². The highest BCUT2D eigenvalue weighted by Crippen LogP contribution is 2.16. The Morgan fingerprint density at radius 3 is 2.16 bits per heavy atom. The molecule has 0 saturated carbocycles. The van der Waals surface area contributed by atoms with Gasteiger partial charge in [0.15, 0.2) is 0 Å². The predicted octanol–water partition coefficient (Wildman–Crippen LogP) is 4.51. The van der Waals surface area contributed by atoms with Gasteiger partial charge in [0.25, 0.3) is 5.91 Å². The Hall–Kier alpha value is -2.85. The van der Waals surface area contributed by atoms with E-state index >= 15 is 0 Å². The number of hydrogen-bond donors (Lipinski definition) is 1. The van der Waals surface area contributed by atoms with E-state index in [0.717, 1.165) is 22.6 Å². The van der Waals surface area contributed by atoms with Crippen molar-refractivity contribution in [1.82, 2.24) is 9.99 Å². The Kier molecular flexibility index (Phi) is 5.00. The number of hydrazone groups is 1. The first-order valence-electron chi connectivity index (χ1n) is 7.89. The summed E-state index contributed by atoms with van der Waals surface area (Å²) in [5, 5.41) is 4.64. The van der Waals surface area contributed by atoms with Gasteiger partial charge in [0.1, 0.15) is 0 Å². The molecule has 1 aromatic heterocycles. The maximum Gasteiger partial charge on any atom is 0.271 e. The molecule has 0 atom stereocenters. The Balaban J connectivity index is 1.68. The van der Waals surface area contributed by atoms with Crippen LogP contribution in [0.15, 0.2) is 65.8 Å². The molecule has 3 aromatic rings. The third kappa shape index (κ3) is 3.98. The lowest BCUT2D eigenvalue weighted by Gasteiger charge is -2.10. The van der Waals surface area contributed by atoms with E-state index in [2.05, 4.69) is 41.1 Å². The molecule has 3 rings (SSSR count). The number of halogens is 1. The van der Waals surface area contributed by atoms with Gasteiger partial charge in [0, 0.05) is 27.7 Å². The lowest BCUT2D eigenvalue weighted by molar-refractivity contribution is 0.0955. The summed E-state index contributed by atoms with van der Waals surface area (Å²) in [6.45, 7) is 4.11. The Morgan fingerprint density at radius 2 is 1.56 bits per heavy atom. The standard InChI is InChI=1S/C20H18ClN3O/c1-14-3-4-15(2)24(14)19-11-7-17(8-12-19)20(25)23-22-13-16-5-9-18(21)10-6-16/h3-13H,1-2H3,(H,23,25)/b22-13-. The van der Waals surface area contributed by atoms with E-state index in [0.29, 0.717) is 10.6 Å². The molecule has 1 heterocycles. The van der Waals surface area contributed by atoms with Crippen LogP contribution in [0.25, 0.3) is 5.69 Å². The molecule has 0 unspecified atom stereocenters. The highest BCUT2D eigenvalue weighted by atomic mass is 35.5. The molecule has 0 spiro atoms. The Morgan fingerprint density at radius 1 is 0.960 bits per heavy atom. The topological polar surface area (TPSA) is 46.4 Å². The van der Waals surface area contributed by atoms with Crippen LogP contribution in [0.4, 0.5) is 0 Å². The summed E-state index contributed by atoms with van der Waals surface area (Å²) in [5.41, 5.74) is 7.28. The molecule has 25 heavy (non-hydrogen) atoms. The second kappa shape index (κ2) is 7.36. The van der Waals surface area contributed by atoms with Gasteiger partial charge in [-0.2, -0.15) is 5.10 Å². The van der Waals surface area contributed by atoms with Crippen LogP contribution in [-0.2, 0) is 0 Å². The van der Waals surface area contributed by atoms with Crippen molar-refractivity contribution in [3.05, 3.63) is 88.2 Å². The fourth-order valence-electron chi connectivity index (χ4n) is 2.62. The van der Waals surface area contributed by atoms with Gasteiger partial charge in [-0.3, -0.25) is 4.79 Å². The lowest BCUT2D eigenvalue weighted by Crippen LogP contribution is -2.17. The highest BCUT2D eigenvalue weighted by Gasteiger charge is 2.07. The van der Waals surface area contributed by atoms with Crippen LogP contribution >= 0.6 is 11.6 Å². The molecule has 126 valence electrons. The average Bonchev–Trinajstić information content (AvgIpc) is 2.95. The summed E-state index contributed by atoms with van der Waals surface area (Å²) in [6, 6.07) is 18.8. The maximum absolute atomic E-state index is 12.2. The number of benzene rings is 2. The van der Waals surface area contributed by atoms with Crippen LogP contribution in [0, 0.1) is 13.8 Å². The number of nitrogens with one attached hydrogen (secondary N) is 1. The van der Waals surface area contributed by atoms with Crippen molar-refractivity contribution >= 4 is 23.7 Å². The third-order valence-corrected chi connectivity index (χ3v) is 4.16. The molecule has 0 aliphatic carbocycles. The van der Waals surface area contributed by atoms with Crippen molar-refractivity contribution < 1.29 is 4.79 Å². The number of aryl methyl sites for hydroxylation is 2. The van der Waals surface area contributed by atoms with Gasteiger partial charge in [-0.1, -0.05) is 23.7 Å². The molecular formula is C20H18ClN3O. The van der Waals surface area contributed by atoms with Gasteiger partial charge in [0.05, 0.1) is 6.21 Å². The second-order valence-corrected chi connectivity index (χ2v) is 6.19. The Bertz CT molecular complexity index is 890. The normalized spacial score (nSPS) is 11.0. The highest BCUT2D eigenvalue weighted by molar-refractivity contribution is 6.30. The molecule has 0 bridgehead atoms. The van der Waals surface area contributed by atoms with E-state index in [1.54, 1.807) is 30.5 Å². The van der Waals surface area contributed by atoms with Crippen molar-refractivity contribution in [3.8, 4) is 5.69 Å². The summed E-state index contributed by atoms with van der Waals surface area (Å²) in [5.74, 6) is -0.252. The first kappa shape index (κ1) is 17.0. The van der Waals surface area contributed by atoms with E-state index in [-0.39, 0.29) is 5.91 Å². The van der Waals surface area contributed by atoms with Gasteiger partial charge in [-0.25, -0.2) is 5.43 Å². The number of amides is 1. The van der Waals surface area contributed by atoms with Crippen molar-refractivity contribution in [2.75, 3.05) is 0 Å². The van der Waals surface area contributed by atoms with Gasteiger partial charge >= 0.3 is 0 Å². The maximum atomic E-state index is 12.2. The fourth-order valence-corrected chi connectivity index (χ4v) is 2.74. The fraction of sp³-hybridized carbons (Fsp3) is 0.100. The largest absolute Gasteiger partial charge is 0.319 e. The number of carbonyl (C=O) groups excluding carboxylic acids is 1. The van der Waals surface area contributed by atoms with Gasteiger partial charge < -0.3 is 4.57 Å². The lowest BCUT2D eigenvalue weighted by atomic mass is 10.2. The second-order valence-electron chi connectivity index (χ2n) is 5.75. The van der Waals surface area contributed by atoms with Gasteiger partial charge in [0.2, 0.25) is 0 Å². The summed E-state index contributed by atoms with van der Waals surface area (Å²) >= 11 is 5.83. The minimum Gasteiger partial charge on any atom is -0.319 e. The van der Waals surface area contributed by atoms with E-state index < -0.39 is 0 Å². The molecule has 0 aliphatic heterocycles. The number of nitrogens with zero attached hydrogens (tertiary/aromatic N) is 2. The number of aromatic nitrogens is 1. The SMILES string of the molecule is Cc1ccc(C)n1-c1ccc(C(=O)N/N=C\c2ccc(Cl)cc2)cc1. The van der Waals surface area contributed by atoms with Crippen LogP contribution in [-0.4, -0.2) is 16.7 Å². The monoisotopic (exact) mass is 351 g/mol. The zero-order valence-electron chi connectivity index (χ0n) is 14.0. The van der Waals surface area contributed by atoms with Crippen LogP contribution in [0.3, 0.4) is 0 Å². The van der Waals surface area contributed by atoms with Crippen molar-refractivity contribution in [3.63, 3.8) is 0 Å². The molecule has 0 radical (unpaired) electrons. The zero-order valence-corrected chi connectivity index (χ0v) is 14.8. The first-order chi connectivity index (χ1) is 12.0. The van der Waals surface area contributed by atoms with Crippen LogP contribution in [0.5, 0.6) is 0 Å². The molecule has 0 aliphatic rings. The van der Waals surface area contributed by atoms with Crippen LogP contribution in [0.2, 0.25) is 5.02 Å². The molecule has 0 fully saturated rings. The molecule has 4 nitrogen and oxygen atoms in total. The van der Waals surface area contributed by atoms with Crippen LogP contribution in [0.1, 0.15) is 27.3 Å². The summed E-state index contributed by atoms with van der Waals surface area (Å²) in [7, 11) is 0. The predicted molar refractivity (Wildman–Crippen MR) is 102 cm³/mol. The van der Waals surface area contributed by atoms with Crippen LogP contribution < -0.4 is 5.43 Å². The molecular weight excluding hydrogens is 334 g/mol. The third-order valence-electron chi connectivity index (χ3n) is 3.91. The summed E-state index contributed by atoms with van der Waals surface area (Å²) in [6.07, 6.45) is 1.58. The molecule has 1 N–H and O–H groups in total. The number of hydrogen-bond acceptors (Lipinski definition) is 2. The zero-order chi connectivity index (χ0) is 17.8. The quantitative estimate of drug-likeness (QED) is 0.545. The molecule has 1 amide bonds. The average molecular weight is 352 g/mol. The first-order valence-corrected chi connectivity index (χ1v) is 8.27. The van der Waals surface area contributed by atoms with E-state index in [1.165, 1.54) is 0 Å². The van der Waals surface area contributed by atoms with Crippen molar-refractivity contribution in [2.45, 2.75) is 13.8 Å². The number of carbonyl (C=O) groups is 1. The summed E-state index contributed by atoms with van der Waals surface area (Å²) in [4.78, 5) is 12.2. The Labute approximate surface area is 151 Å². The van der Waals surface area contributed by atoms with E-state index in [4.69, 9.17) is 11.6 Å². The van der Waals surface area contributed by atoms with Crippen molar-refractivity contribution in [2.24, 2.45) is 5.10 Å². The molecule has 2 aromatic carbocycles. The minimum absolute atomic E-state index is 0.252. The van der Waals surface area contributed by atoms with Crippen molar-refractivity contribution in [1.29, 1.82) is 0 Å². The molecule has 0 saturated heterocycles. The van der Waals surface area contributed by atoms with E-state index in [1.807, 2.05) is 24.3 Å². The number of rotatable bonds is 4. The van der Waals surface area contributed by atoms with Gasteiger partial charge in [-0.15, -0.1) is 0 Å². The minimum atomic E-state index is -0.252. The van der Waals surface area contributed by atoms with E-state index in [9.17, 15) is 4.79 Å².